The Morgan fingerprint density at radius 3 is 2.35 bits per heavy atom. The quantitative estimate of drug-likeness (QED) is 0.467. The second-order valence-electron chi connectivity index (χ2n) is 8.68. The molecule has 34 heavy (non-hydrogen) atoms. The number of carbonyl (C=O) groups excluding carboxylic acids is 3. The molecule has 0 saturated carbocycles. The predicted octanol–water partition coefficient (Wildman–Crippen LogP) is 4.68. The maximum atomic E-state index is 13.1. The van der Waals surface area contributed by atoms with Crippen LogP contribution in [0.4, 0.5) is 10.8 Å². The minimum Gasteiger partial charge on any atom is -0.329 e. The Labute approximate surface area is 204 Å². The number of carbonyl (C=O) groups is 3. The number of benzene rings is 2. The minimum atomic E-state index is -0.326. The first kappa shape index (κ1) is 25.1. The van der Waals surface area contributed by atoms with Crippen LogP contribution < -0.4 is 10.6 Å². The van der Waals surface area contributed by atoms with E-state index in [4.69, 9.17) is 0 Å². The summed E-state index contributed by atoms with van der Waals surface area (Å²) in [5, 5.41) is 7.74. The van der Waals surface area contributed by atoms with Crippen molar-refractivity contribution in [1.82, 2.24) is 9.88 Å². The molecular formula is C26H30N4O3S. The van der Waals surface area contributed by atoms with E-state index < -0.39 is 0 Å². The number of anilines is 2. The van der Waals surface area contributed by atoms with Crippen LogP contribution >= 0.6 is 11.3 Å². The second-order valence-corrected chi connectivity index (χ2v) is 9.54. The third-order valence-electron chi connectivity index (χ3n) is 5.06. The smallest absolute Gasteiger partial charge is 0.254 e. The molecule has 1 aromatic heterocycles. The molecule has 0 atom stereocenters. The zero-order valence-electron chi connectivity index (χ0n) is 19.9. The van der Waals surface area contributed by atoms with Crippen molar-refractivity contribution in [2.24, 2.45) is 5.92 Å². The lowest BCUT2D eigenvalue weighted by atomic mass is 10.1. The van der Waals surface area contributed by atoms with Crippen molar-refractivity contribution in [2.75, 3.05) is 23.7 Å². The zero-order valence-corrected chi connectivity index (χ0v) is 20.7. The van der Waals surface area contributed by atoms with Crippen LogP contribution in [0.2, 0.25) is 0 Å². The van der Waals surface area contributed by atoms with Crippen molar-refractivity contribution in [3.8, 4) is 0 Å². The molecule has 3 aromatic rings. The summed E-state index contributed by atoms with van der Waals surface area (Å²) in [6.45, 7) is 8.26. The monoisotopic (exact) mass is 478 g/mol. The van der Waals surface area contributed by atoms with Crippen molar-refractivity contribution in [2.45, 2.75) is 34.1 Å². The normalized spacial score (nSPS) is 10.7. The highest BCUT2D eigenvalue weighted by molar-refractivity contribution is 7.13. The highest BCUT2D eigenvalue weighted by Crippen LogP contribution is 2.18. The third-order valence-corrected chi connectivity index (χ3v) is 5.86. The minimum absolute atomic E-state index is 0.0752. The molecule has 3 rings (SSSR count). The molecular weight excluding hydrogens is 448 g/mol. The molecule has 1 heterocycles. The van der Waals surface area contributed by atoms with E-state index in [-0.39, 0.29) is 36.6 Å². The van der Waals surface area contributed by atoms with Crippen LogP contribution in [0.3, 0.4) is 0 Å². The average Bonchev–Trinajstić information content (AvgIpc) is 3.20. The molecule has 178 valence electrons. The lowest BCUT2D eigenvalue weighted by molar-refractivity contribution is -0.117. The fraction of sp³-hybridized carbons (Fsp3) is 0.308. The molecule has 0 aliphatic rings. The predicted molar refractivity (Wildman–Crippen MR) is 136 cm³/mol. The van der Waals surface area contributed by atoms with Crippen molar-refractivity contribution in [1.29, 1.82) is 0 Å². The van der Waals surface area contributed by atoms with Gasteiger partial charge in [-0.2, -0.15) is 0 Å². The first-order valence-corrected chi connectivity index (χ1v) is 12.0. The number of rotatable bonds is 9. The molecule has 0 bridgehead atoms. The van der Waals surface area contributed by atoms with Gasteiger partial charge < -0.3 is 15.5 Å². The number of hydrogen-bond acceptors (Lipinski definition) is 5. The van der Waals surface area contributed by atoms with E-state index in [2.05, 4.69) is 15.6 Å². The van der Waals surface area contributed by atoms with E-state index in [1.165, 1.54) is 11.3 Å². The summed E-state index contributed by atoms with van der Waals surface area (Å²) in [6.07, 6.45) is 0.103. The van der Waals surface area contributed by atoms with Crippen LogP contribution in [0.1, 0.15) is 41.0 Å². The van der Waals surface area contributed by atoms with Gasteiger partial charge in [-0.15, -0.1) is 11.3 Å². The van der Waals surface area contributed by atoms with Crippen LogP contribution in [0.15, 0.2) is 53.9 Å². The number of amides is 3. The average molecular weight is 479 g/mol. The molecule has 0 spiro atoms. The highest BCUT2D eigenvalue weighted by Gasteiger charge is 2.21. The number of thiazole rings is 1. The molecule has 0 saturated heterocycles. The maximum absolute atomic E-state index is 13.1. The van der Waals surface area contributed by atoms with Gasteiger partial charge in [0, 0.05) is 23.2 Å². The molecule has 0 aliphatic carbocycles. The molecule has 2 N–H and O–H groups in total. The summed E-state index contributed by atoms with van der Waals surface area (Å²) in [6, 6.07) is 14.9. The van der Waals surface area contributed by atoms with Crippen molar-refractivity contribution in [3.05, 3.63) is 76.3 Å². The third kappa shape index (κ3) is 7.25. The summed E-state index contributed by atoms with van der Waals surface area (Å²) in [4.78, 5) is 44.0. The highest BCUT2D eigenvalue weighted by atomic mass is 32.1. The van der Waals surface area contributed by atoms with Crippen LogP contribution in [0.25, 0.3) is 0 Å². The van der Waals surface area contributed by atoms with Crippen molar-refractivity contribution < 1.29 is 14.4 Å². The van der Waals surface area contributed by atoms with Gasteiger partial charge in [-0.3, -0.25) is 14.4 Å². The van der Waals surface area contributed by atoms with E-state index in [0.29, 0.717) is 22.9 Å². The number of aryl methyl sites for hydroxylation is 2. The largest absolute Gasteiger partial charge is 0.329 e. The number of nitrogens with one attached hydrogen (secondary N) is 2. The van der Waals surface area contributed by atoms with Gasteiger partial charge in [0.05, 0.1) is 12.1 Å². The first-order chi connectivity index (χ1) is 16.2. The Bertz CT molecular complexity index is 1150. The van der Waals surface area contributed by atoms with Gasteiger partial charge in [0.2, 0.25) is 11.8 Å². The molecule has 0 fully saturated rings. The lowest BCUT2D eigenvalue weighted by Crippen LogP contribution is -2.40. The van der Waals surface area contributed by atoms with Gasteiger partial charge in [-0.1, -0.05) is 49.7 Å². The van der Waals surface area contributed by atoms with Crippen LogP contribution in [-0.2, 0) is 16.0 Å². The Morgan fingerprint density at radius 2 is 1.68 bits per heavy atom. The SMILES string of the molecule is Cc1ccc(NC(=O)Cc2csc(NC(=O)CN(CC(C)C)C(=O)c3ccccc3C)n2)cc1. The summed E-state index contributed by atoms with van der Waals surface area (Å²) in [5.41, 5.74) is 3.87. The van der Waals surface area contributed by atoms with Crippen molar-refractivity contribution in [3.63, 3.8) is 0 Å². The number of aromatic nitrogens is 1. The number of nitrogens with zero attached hydrogens (tertiary/aromatic N) is 2. The summed E-state index contributed by atoms with van der Waals surface area (Å²) in [5.74, 6) is -0.472. The van der Waals surface area contributed by atoms with E-state index >= 15 is 0 Å². The Kier molecular flexibility index (Phi) is 8.54. The molecule has 0 aliphatic heterocycles. The topological polar surface area (TPSA) is 91.4 Å². The fourth-order valence-electron chi connectivity index (χ4n) is 3.43. The zero-order chi connectivity index (χ0) is 24.7. The van der Waals surface area contributed by atoms with Gasteiger partial charge in [-0.05, 0) is 43.5 Å². The van der Waals surface area contributed by atoms with E-state index in [1.807, 2.05) is 70.2 Å². The Balaban J connectivity index is 1.58. The molecule has 3 amide bonds. The number of hydrogen-bond donors (Lipinski definition) is 2. The van der Waals surface area contributed by atoms with Gasteiger partial charge >= 0.3 is 0 Å². The summed E-state index contributed by atoms with van der Waals surface area (Å²) >= 11 is 1.25. The Hall–Kier alpha value is -3.52. The molecule has 8 heteroatoms. The van der Waals surface area contributed by atoms with Gasteiger partial charge in [0.1, 0.15) is 6.54 Å². The summed E-state index contributed by atoms with van der Waals surface area (Å²) < 4.78 is 0. The molecule has 0 radical (unpaired) electrons. The lowest BCUT2D eigenvalue weighted by Gasteiger charge is -2.24. The molecule has 2 aromatic carbocycles. The molecule has 7 nitrogen and oxygen atoms in total. The second kappa shape index (κ2) is 11.6. The summed E-state index contributed by atoms with van der Waals surface area (Å²) in [7, 11) is 0. The van der Waals surface area contributed by atoms with E-state index in [9.17, 15) is 14.4 Å². The maximum Gasteiger partial charge on any atom is 0.254 e. The van der Waals surface area contributed by atoms with E-state index in [0.717, 1.165) is 16.8 Å². The van der Waals surface area contributed by atoms with Gasteiger partial charge in [0.25, 0.3) is 5.91 Å². The van der Waals surface area contributed by atoms with Crippen LogP contribution in [0.5, 0.6) is 0 Å². The van der Waals surface area contributed by atoms with Gasteiger partial charge in [-0.25, -0.2) is 4.98 Å². The Morgan fingerprint density at radius 1 is 0.971 bits per heavy atom. The van der Waals surface area contributed by atoms with Crippen LogP contribution in [0, 0.1) is 19.8 Å². The molecule has 0 unspecified atom stereocenters. The van der Waals surface area contributed by atoms with E-state index in [1.54, 1.807) is 16.3 Å². The van der Waals surface area contributed by atoms with Gasteiger partial charge in [0.15, 0.2) is 5.13 Å². The first-order valence-electron chi connectivity index (χ1n) is 11.2. The van der Waals surface area contributed by atoms with Crippen molar-refractivity contribution >= 4 is 39.9 Å². The standard InChI is InChI=1S/C26H30N4O3S/c1-17(2)14-30(25(33)22-8-6-5-7-19(22)4)15-24(32)29-26-28-21(16-34-26)13-23(31)27-20-11-9-18(3)10-12-20/h5-12,16-17H,13-15H2,1-4H3,(H,27,31)(H,28,29,32). The van der Waals surface area contributed by atoms with Crippen LogP contribution in [-0.4, -0.2) is 40.7 Å². The fourth-order valence-corrected chi connectivity index (χ4v) is 4.15.